The smallest absolute Gasteiger partial charge is 0.251 e. The van der Waals surface area contributed by atoms with Crippen molar-refractivity contribution in [3.05, 3.63) is 120 Å². The third kappa shape index (κ3) is 6.21. The molecular formula is C29H25N3O4S. The van der Waals surface area contributed by atoms with E-state index in [1.165, 1.54) is 0 Å². The topological polar surface area (TPSA) is 116 Å². The van der Waals surface area contributed by atoms with Crippen molar-refractivity contribution >= 4 is 32.4 Å². The van der Waals surface area contributed by atoms with Crippen LogP contribution in [0.25, 0.3) is 10.8 Å². The Morgan fingerprint density at radius 3 is 2.11 bits per heavy atom. The summed E-state index contributed by atoms with van der Waals surface area (Å²) in [5, 5.41) is 14.4. The maximum atomic E-state index is 14.0. The number of hydrogen-bond donors (Lipinski definition) is 2. The van der Waals surface area contributed by atoms with Gasteiger partial charge >= 0.3 is 0 Å². The minimum absolute atomic E-state index is 0.276. The van der Waals surface area contributed by atoms with Crippen molar-refractivity contribution in [2.24, 2.45) is 0 Å². The lowest BCUT2D eigenvalue weighted by molar-refractivity contribution is -0.122. The van der Waals surface area contributed by atoms with Crippen molar-refractivity contribution in [3.8, 4) is 6.07 Å². The minimum Gasteiger partial charge on any atom is -0.341 e. The number of rotatable bonds is 9. The molecule has 0 fully saturated rings. The Labute approximate surface area is 215 Å². The fraction of sp³-hybridized carbons (Fsp3) is 0.138. The predicted molar refractivity (Wildman–Crippen MR) is 142 cm³/mol. The van der Waals surface area contributed by atoms with E-state index in [9.17, 15) is 18.0 Å². The zero-order valence-electron chi connectivity index (χ0n) is 19.9. The molecule has 0 radical (unpaired) electrons. The highest BCUT2D eigenvalue weighted by Crippen LogP contribution is 2.32. The molecule has 0 spiro atoms. The summed E-state index contributed by atoms with van der Waals surface area (Å²) >= 11 is 0. The third-order valence-corrected chi connectivity index (χ3v) is 8.00. The molecule has 186 valence electrons. The fourth-order valence-electron chi connectivity index (χ4n) is 4.22. The fourth-order valence-corrected chi connectivity index (χ4v) is 6.22. The Bertz CT molecular complexity index is 1550. The summed E-state index contributed by atoms with van der Waals surface area (Å²) in [6.07, 6.45) is 0. The summed E-state index contributed by atoms with van der Waals surface area (Å²) in [6, 6.07) is 29.9. The number of sulfone groups is 1. The van der Waals surface area contributed by atoms with E-state index in [1.54, 1.807) is 78.9 Å². The summed E-state index contributed by atoms with van der Waals surface area (Å²) < 4.78 is 28.0. The summed E-state index contributed by atoms with van der Waals surface area (Å²) in [7, 11) is -4.05. The van der Waals surface area contributed by atoms with Crippen LogP contribution in [0.15, 0.2) is 103 Å². The molecule has 2 N–H and O–H groups in total. The van der Waals surface area contributed by atoms with Crippen molar-refractivity contribution in [1.82, 2.24) is 10.6 Å². The van der Waals surface area contributed by atoms with Gasteiger partial charge in [-0.1, -0.05) is 84.9 Å². The lowest BCUT2D eigenvalue weighted by Crippen LogP contribution is -2.52. The van der Waals surface area contributed by atoms with Crippen LogP contribution in [-0.4, -0.2) is 32.8 Å². The molecule has 1 unspecified atom stereocenters. The van der Waals surface area contributed by atoms with Gasteiger partial charge in [0, 0.05) is 5.56 Å². The Morgan fingerprint density at radius 2 is 1.43 bits per heavy atom. The SMILES string of the molecule is N#CCNC(=O)[C@@H](NC(=O)c1ccccc1)C(c1ccc2ccccc2c1)S(=O)(=O)Cc1ccccc1. The predicted octanol–water partition coefficient (Wildman–Crippen LogP) is 3.93. The molecule has 0 aromatic heterocycles. The second-order valence-electron chi connectivity index (χ2n) is 8.51. The quantitative estimate of drug-likeness (QED) is 0.330. The van der Waals surface area contributed by atoms with Gasteiger partial charge in [0.2, 0.25) is 5.91 Å². The second kappa shape index (κ2) is 11.5. The van der Waals surface area contributed by atoms with Gasteiger partial charge < -0.3 is 10.6 Å². The number of carbonyl (C=O) groups excluding carboxylic acids is 2. The maximum Gasteiger partial charge on any atom is 0.251 e. The highest BCUT2D eigenvalue weighted by atomic mass is 32.2. The molecule has 0 aliphatic carbocycles. The first-order valence-electron chi connectivity index (χ1n) is 11.6. The van der Waals surface area contributed by atoms with Crippen molar-refractivity contribution in [3.63, 3.8) is 0 Å². The standard InChI is InChI=1S/C29H25N3O4S/c30-17-18-31-29(34)26(32-28(33)23-12-5-2-6-13-23)27(37(35,36)20-21-9-3-1-4-10-21)25-16-15-22-11-7-8-14-24(22)19-25/h1-16,19,26-27H,18,20H2,(H,31,34)(H,32,33)/t26-,27?/m0/s1. The summed E-state index contributed by atoms with van der Waals surface area (Å²) in [4.78, 5) is 26.4. The maximum absolute atomic E-state index is 14.0. The molecule has 7 nitrogen and oxygen atoms in total. The first-order valence-corrected chi connectivity index (χ1v) is 13.4. The highest BCUT2D eigenvalue weighted by molar-refractivity contribution is 7.91. The first-order chi connectivity index (χ1) is 17.9. The van der Waals surface area contributed by atoms with E-state index in [-0.39, 0.29) is 17.9 Å². The average Bonchev–Trinajstić information content (AvgIpc) is 2.91. The van der Waals surface area contributed by atoms with E-state index in [4.69, 9.17) is 5.26 Å². The summed E-state index contributed by atoms with van der Waals surface area (Å²) in [6.45, 7) is -0.334. The molecule has 37 heavy (non-hydrogen) atoms. The number of nitriles is 1. The molecule has 2 atom stereocenters. The third-order valence-electron chi connectivity index (χ3n) is 5.95. The second-order valence-corrected chi connectivity index (χ2v) is 10.6. The molecule has 0 aliphatic heterocycles. The Kier molecular flexibility index (Phi) is 7.96. The zero-order valence-corrected chi connectivity index (χ0v) is 20.7. The Hall–Kier alpha value is -4.48. The molecule has 0 aliphatic rings. The summed E-state index contributed by atoms with van der Waals surface area (Å²) in [5.41, 5.74) is 1.19. The van der Waals surface area contributed by atoms with E-state index in [0.717, 1.165) is 10.8 Å². The molecule has 0 heterocycles. The zero-order chi connectivity index (χ0) is 26.3. The number of nitrogens with zero attached hydrogens (tertiary/aromatic N) is 1. The van der Waals surface area contributed by atoms with Gasteiger partial charge in [-0.2, -0.15) is 5.26 Å². The molecule has 8 heteroatoms. The number of amides is 2. The van der Waals surface area contributed by atoms with Crippen LogP contribution in [0.4, 0.5) is 0 Å². The van der Waals surface area contributed by atoms with E-state index in [0.29, 0.717) is 11.1 Å². The van der Waals surface area contributed by atoms with Gasteiger partial charge in [-0.05, 0) is 40.1 Å². The summed E-state index contributed by atoms with van der Waals surface area (Å²) in [5.74, 6) is -1.70. The first kappa shape index (κ1) is 25.6. The van der Waals surface area contributed by atoms with Gasteiger partial charge in [0.15, 0.2) is 9.84 Å². The molecule has 0 saturated carbocycles. The lowest BCUT2D eigenvalue weighted by Gasteiger charge is -2.28. The van der Waals surface area contributed by atoms with E-state index < -0.39 is 32.9 Å². The van der Waals surface area contributed by atoms with Crippen LogP contribution >= 0.6 is 0 Å². The highest BCUT2D eigenvalue weighted by Gasteiger charge is 2.40. The van der Waals surface area contributed by atoms with Crippen LogP contribution < -0.4 is 10.6 Å². The van der Waals surface area contributed by atoms with Crippen molar-refractivity contribution in [1.29, 1.82) is 5.26 Å². The largest absolute Gasteiger partial charge is 0.341 e. The van der Waals surface area contributed by atoms with Gasteiger partial charge in [0.25, 0.3) is 5.91 Å². The molecule has 4 aromatic rings. The molecule has 0 saturated heterocycles. The number of fused-ring (bicyclic) bond motifs is 1. The molecule has 2 amide bonds. The normalized spacial score (nSPS) is 12.7. The van der Waals surface area contributed by atoms with Crippen molar-refractivity contribution < 1.29 is 18.0 Å². The van der Waals surface area contributed by atoms with Crippen LogP contribution in [-0.2, 0) is 20.4 Å². The van der Waals surface area contributed by atoms with Gasteiger partial charge in [-0.15, -0.1) is 0 Å². The van der Waals surface area contributed by atoms with Crippen LogP contribution in [0.1, 0.15) is 26.7 Å². The molecule has 0 bridgehead atoms. The number of benzene rings is 4. The van der Waals surface area contributed by atoms with E-state index >= 15 is 0 Å². The van der Waals surface area contributed by atoms with Crippen LogP contribution in [0.3, 0.4) is 0 Å². The Balaban J connectivity index is 1.83. The monoisotopic (exact) mass is 511 g/mol. The van der Waals surface area contributed by atoms with E-state index in [2.05, 4.69) is 10.6 Å². The number of nitrogens with one attached hydrogen (secondary N) is 2. The van der Waals surface area contributed by atoms with E-state index in [1.807, 2.05) is 30.3 Å². The van der Waals surface area contributed by atoms with Crippen molar-refractivity contribution in [2.75, 3.05) is 6.54 Å². The Morgan fingerprint density at radius 1 is 0.811 bits per heavy atom. The van der Waals surface area contributed by atoms with Gasteiger partial charge in [-0.3, -0.25) is 9.59 Å². The van der Waals surface area contributed by atoms with Crippen LogP contribution in [0.5, 0.6) is 0 Å². The van der Waals surface area contributed by atoms with Crippen LogP contribution in [0.2, 0.25) is 0 Å². The molecular weight excluding hydrogens is 486 g/mol. The minimum atomic E-state index is -4.05. The number of carbonyl (C=O) groups is 2. The average molecular weight is 512 g/mol. The number of hydrogen-bond acceptors (Lipinski definition) is 5. The van der Waals surface area contributed by atoms with Gasteiger partial charge in [-0.25, -0.2) is 8.42 Å². The van der Waals surface area contributed by atoms with Gasteiger partial charge in [0.05, 0.1) is 11.8 Å². The molecule has 4 aromatic carbocycles. The van der Waals surface area contributed by atoms with Gasteiger partial charge in [0.1, 0.15) is 17.8 Å². The lowest BCUT2D eigenvalue weighted by atomic mass is 10.00. The van der Waals surface area contributed by atoms with Crippen LogP contribution in [0, 0.1) is 11.3 Å². The molecule has 4 rings (SSSR count). The van der Waals surface area contributed by atoms with Crippen molar-refractivity contribution in [2.45, 2.75) is 17.0 Å².